The third-order valence-corrected chi connectivity index (χ3v) is 5.80. The molecule has 3 heterocycles. The van der Waals surface area contributed by atoms with Crippen LogP contribution >= 0.6 is 0 Å². The molecule has 33 heavy (non-hydrogen) atoms. The first-order chi connectivity index (χ1) is 16.2. The molecule has 2 aromatic carbocycles. The van der Waals surface area contributed by atoms with Gasteiger partial charge in [-0.2, -0.15) is 5.10 Å². The van der Waals surface area contributed by atoms with Gasteiger partial charge in [0.2, 0.25) is 0 Å². The molecule has 0 atom stereocenters. The number of ether oxygens (including phenoxy) is 1. The van der Waals surface area contributed by atoms with Gasteiger partial charge in [-0.1, -0.05) is 42.5 Å². The monoisotopic (exact) mass is 442 g/mol. The van der Waals surface area contributed by atoms with E-state index in [0.717, 1.165) is 36.7 Å². The van der Waals surface area contributed by atoms with Gasteiger partial charge in [0.25, 0.3) is 5.91 Å². The maximum atomic E-state index is 12.9. The van der Waals surface area contributed by atoms with Gasteiger partial charge in [-0.05, 0) is 41.5 Å². The molecule has 0 bridgehead atoms. The van der Waals surface area contributed by atoms with Gasteiger partial charge in [-0.25, -0.2) is 4.68 Å². The number of carbonyl (C=O) groups is 1. The molecule has 1 amide bonds. The van der Waals surface area contributed by atoms with Crippen molar-refractivity contribution < 1.29 is 13.9 Å². The number of rotatable bonds is 7. The predicted molar refractivity (Wildman–Crippen MR) is 125 cm³/mol. The first kappa shape index (κ1) is 21.0. The molecule has 0 unspecified atom stereocenters. The largest absolute Gasteiger partial charge is 0.471 e. The Balaban J connectivity index is 1.12. The minimum absolute atomic E-state index is 0.0430. The van der Waals surface area contributed by atoms with E-state index in [2.05, 4.69) is 22.1 Å². The molecular formula is C26H26N4O3. The van der Waals surface area contributed by atoms with Crippen LogP contribution in [-0.2, 0) is 13.3 Å². The SMILES string of the molecule is O=C(c1ccn(COc2ccc(-c3ccccc3)cc2)n1)N1CCN(Cc2ccco2)CC1. The molecule has 168 valence electrons. The summed E-state index contributed by atoms with van der Waals surface area (Å²) in [4.78, 5) is 17.0. The molecule has 7 heteroatoms. The van der Waals surface area contributed by atoms with E-state index in [0.29, 0.717) is 18.8 Å². The normalized spacial score (nSPS) is 14.4. The van der Waals surface area contributed by atoms with Gasteiger partial charge < -0.3 is 14.1 Å². The second-order valence-corrected chi connectivity index (χ2v) is 8.05. The number of nitrogens with zero attached hydrogens (tertiary/aromatic N) is 4. The quantitative estimate of drug-likeness (QED) is 0.431. The van der Waals surface area contributed by atoms with Crippen molar-refractivity contribution in [3.63, 3.8) is 0 Å². The standard InChI is InChI=1S/C26H26N4O3/c31-26(29-16-14-28(15-17-29)19-24-7-4-18-32-24)25-12-13-30(27-25)20-33-23-10-8-22(9-11-23)21-5-2-1-3-6-21/h1-13,18H,14-17,19-20H2. The molecular weight excluding hydrogens is 416 g/mol. The lowest BCUT2D eigenvalue weighted by molar-refractivity contribution is 0.0612. The van der Waals surface area contributed by atoms with Gasteiger partial charge in [0, 0.05) is 32.4 Å². The summed E-state index contributed by atoms with van der Waals surface area (Å²) in [7, 11) is 0. The number of furan rings is 1. The molecule has 1 saturated heterocycles. The molecule has 2 aromatic heterocycles. The molecule has 0 spiro atoms. The van der Waals surface area contributed by atoms with Crippen molar-refractivity contribution in [3.8, 4) is 16.9 Å². The van der Waals surface area contributed by atoms with Crippen molar-refractivity contribution in [1.29, 1.82) is 0 Å². The van der Waals surface area contributed by atoms with E-state index in [1.807, 2.05) is 59.5 Å². The van der Waals surface area contributed by atoms with Crippen LogP contribution in [-0.4, -0.2) is 51.7 Å². The van der Waals surface area contributed by atoms with E-state index < -0.39 is 0 Å². The maximum absolute atomic E-state index is 12.9. The fraction of sp³-hybridized carbons (Fsp3) is 0.231. The second-order valence-electron chi connectivity index (χ2n) is 8.05. The molecule has 0 N–H and O–H groups in total. The van der Waals surface area contributed by atoms with E-state index in [1.54, 1.807) is 23.2 Å². The number of amides is 1. The van der Waals surface area contributed by atoms with Gasteiger partial charge in [0.05, 0.1) is 12.8 Å². The highest BCUT2D eigenvalue weighted by molar-refractivity contribution is 5.92. The predicted octanol–water partition coefficient (Wildman–Crippen LogP) is 4.14. The molecule has 5 rings (SSSR count). The number of carbonyl (C=O) groups excluding carboxylic acids is 1. The van der Waals surface area contributed by atoms with Crippen LogP contribution in [0.3, 0.4) is 0 Å². The maximum Gasteiger partial charge on any atom is 0.274 e. The molecule has 4 aromatic rings. The first-order valence-electron chi connectivity index (χ1n) is 11.1. The number of aromatic nitrogens is 2. The lowest BCUT2D eigenvalue weighted by Gasteiger charge is -2.33. The summed E-state index contributed by atoms with van der Waals surface area (Å²) in [5, 5.41) is 4.42. The number of piperazine rings is 1. The Bertz CT molecular complexity index is 1160. The summed E-state index contributed by atoms with van der Waals surface area (Å²) in [5.74, 6) is 1.66. The second kappa shape index (κ2) is 9.75. The van der Waals surface area contributed by atoms with Crippen LogP contribution in [0.2, 0.25) is 0 Å². The zero-order valence-corrected chi connectivity index (χ0v) is 18.3. The van der Waals surface area contributed by atoms with Crippen LogP contribution in [0.25, 0.3) is 11.1 Å². The topological polar surface area (TPSA) is 63.7 Å². The van der Waals surface area contributed by atoms with E-state index in [-0.39, 0.29) is 12.6 Å². The highest BCUT2D eigenvalue weighted by Gasteiger charge is 2.24. The van der Waals surface area contributed by atoms with E-state index in [4.69, 9.17) is 9.15 Å². The molecule has 1 aliphatic heterocycles. The van der Waals surface area contributed by atoms with Gasteiger partial charge >= 0.3 is 0 Å². The molecule has 0 saturated carbocycles. The Morgan fingerprint density at radius 3 is 2.36 bits per heavy atom. The highest BCUT2D eigenvalue weighted by Crippen LogP contribution is 2.22. The Hall–Kier alpha value is -3.84. The van der Waals surface area contributed by atoms with Crippen LogP contribution in [0.1, 0.15) is 16.2 Å². The van der Waals surface area contributed by atoms with Crippen molar-refractivity contribution in [2.75, 3.05) is 26.2 Å². The van der Waals surface area contributed by atoms with E-state index in [1.165, 1.54) is 5.56 Å². The summed E-state index contributed by atoms with van der Waals surface area (Å²) in [6.07, 6.45) is 3.47. The molecule has 7 nitrogen and oxygen atoms in total. The van der Waals surface area contributed by atoms with Crippen molar-refractivity contribution in [1.82, 2.24) is 19.6 Å². The Kier molecular flexibility index (Phi) is 6.21. The van der Waals surface area contributed by atoms with Crippen molar-refractivity contribution in [2.24, 2.45) is 0 Å². The van der Waals surface area contributed by atoms with Crippen LogP contribution in [0.5, 0.6) is 5.75 Å². The number of hydrogen-bond acceptors (Lipinski definition) is 5. The number of benzene rings is 2. The third-order valence-electron chi connectivity index (χ3n) is 5.80. The minimum Gasteiger partial charge on any atom is -0.471 e. The third kappa shape index (κ3) is 5.15. The zero-order valence-electron chi connectivity index (χ0n) is 18.3. The fourth-order valence-electron chi connectivity index (χ4n) is 3.96. The lowest BCUT2D eigenvalue weighted by atomic mass is 10.1. The van der Waals surface area contributed by atoms with Crippen molar-refractivity contribution in [3.05, 3.63) is 96.7 Å². The van der Waals surface area contributed by atoms with Crippen molar-refractivity contribution >= 4 is 5.91 Å². The molecule has 1 aliphatic rings. The summed E-state index contributed by atoms with van der Waals surface area (Å²) >= 11 is 0. The molecule has 1 fully saturated rings. The minimum atomic E-state index is -0.0430. The van der Waals surface area contributed by atoms with E-state index in [9.17, 15) is 4.79 Å². The number of hydrogen-bond donors (Lipinski definition) is 0. The smallest absolute Gasteiger partial charge is 0.274 e. The lowest BCUT2D eigenvalue weighted by Crippen LogP contribution is -2.48. The van der Waals surface area contributed by atoms with Gasteiger partial charge in [-0.15, -0.1) is 0 Å². The first-order valence-corrected chi connectivity index (χ1v) is 11.1. The van der Waals surface area contributed by atoms with Crippen LogP contribution in [0, 0.1) is 0 Å². The zero-order chi connectivity index (χ0) is 22.5. The summed E-state index contributed by atoms with van der Waals surface area (Å²) < 4.78 is 12.9. The van der Waals surface area contributed by atoms with Crippen LogP contribution < -0.4 is 4.74 Å². The fourth-order valence-corrected chi connectivity index (χ4v) is 3.96. The molecule has 0 radical (unpaired) electrons. The average molecular weight is 443 g/mol. The Morgan fingerprint density at radius 2 is 1.64 bits per heavy atom. The van der Waals surface area contributed by atoms with Gasteiger partial charge in [-0.3, -0.25) is 9.69 Å². The molecule has 0 aliphatic carbocycles. The summed E-state index contributed by atoms with van der Waals surface area (Å²) in [6, 6.07) is 23.8. The average Bonchev–Trinajstić information content (AvgIpc) is 3.56. The highest BCUT2D eigenvalue weighted by atomic mass is 16.5. The Labute approximate surface area is 192 Å². The Morgan fingerprint density at radius 1 is 0.879 bits per heavy atom. The van der Waals surface area contributed by atoms with Crippen molar-refractivity contribution in [2.45, 2.75) is 13.3 Å². The van der Waals surface area contributed by atoms with Crippen LogP contribution in [0.15, 0.2) is 89.7 Å². The van der Waals surface area contributed by atoms with Crippen LogP contribution in [0.4, 0.5) is 0 Å². The summed E-state index contributed by atoms with van der Waals surface area (Å²) in [5.41, 5.74) is 2.75. The summed E-state index contributed by atoms with van der Waals surface area (Å²) in [6.45, 7) is 4.00. The van der Waals surface area contributed by atoms with E-state index >= 15 is 0 Å². The van der Waals surface area contributed by atoms with Gasteiger partial charge in [0.15, 0.2) is 12.4 Å². The van der Waals surface area contributed by atoms with Gasteiger partial charge in [0.1, 0.15) is 11.5 Å².